The fourth-order valence-corrected chi connectivity index (χ4v) is 3.23. The van der Waals surface area contributed by atoms with E-state index < -0.39 is 5.97 Å². The van der Waals surface area contributed by atoms with E-state index in [-0.39, 0.29) is 23.8 Å². The van der Waals surface area contributed by atoms with Gasteiger partial charge in [-0.15, -0.1) is 0 Å². The van der Waals surface area contributed by atoms with E-state index in [9.17, 15) is 9.59 Å². The minimum absolute atomic E-state index is 0.0486. The zero-order valence-electron chi connectivity index (χ0n) is 11.5. The molecule has 1 saturated carbocycles. The topological polar surface area (TPSA) is 78.4 Å². The average Bonchev–Trinajstić information content (AvgIpc) is 2.39. The molecule has 108 valence electrons. The maximum atomic E-state index is 12.2. The summed E-state index contributed by atoms with van der Waals surface area (Å²) >= 11 is 0. The molecule has 1 saturated heterocycles. The molecule has 0 aromatic heterocycles. The number of piperidine rings is 1. The largest absolute Gasteiger partial charge is 0.481 e. The number of hydrogen-bond acceptors (Lipinski definition) is 3. The number of nitrogens with one attached hydrogen (secondary N) is 2. The average molecular weight is 268 g/mol. The first-order valence-electron chi connectivity index (χ1n) is 7.33. The lowest BCUT2D eigenvalue weighted by Gasteiger charge is -2.31. The van der Waals surface area contributed by atoms with Gasteiger partial charge in [0.2, 0.25) is 5.91 Å². The number of amides is 1. The van der Waals surface area contributed by atoms with Gasteiger partial charge in [0.15, 0.2) is 0 Å². The second kappa shape index (κ2) is 6.37. The maximum Gasteiger partial charge on any atom is 0.306 e. The molecular weight excluding hydrogens is 244 g/mol. The number of carbonyl (C=O) groups is 2. The van der Waals surface area contributed by atoms with Gasteiger partial charge >= 0.3 is 5.97 Å². The van der Waals surface area contributed by atoms with Gasteiger partial charge in [-0.3, -0.25) is 9.59 Å². The lowest BCUT2D eigenvalue weighted by Crippen LogP contribution is -2.46. The van der Waals surface area contributed by atoms with E-state index in [1.807, 2.05) is 0 Å². The van der Waals surface area contributed by atoms with Gasteiger partial charge in [-0.05, 0) is 45.6 Å². The number of carboxylic acids is 1. The minimum Gasteiger partial charge on any atom is -0.481 e. The summed E-state index contributed by atoms with van der Waals surface area (Å²) in [6, 6.07) is 0.440. The molecule has 0 aromatic carbocycles. The van der Waals surface area contributed by atoms with Gasteiger partial charge in [0.1, 0.15) is 0 Å². The van der Waals surface area contributed by atoms with E-state index in [2.05, 4.69) is 17.6 Å². The summed E-state index contributed by atoms with van der Waals surface area (Å²) in [6.45, 7) is 2.99. The summed E-state index contributed by atoms with van der Waals surface area (Å²) in [6.07, 6.45) is 4.89. The summed E-state index contributed by atoms with van der Waals surface area (Å²) in [4.78, 5) is 23.2. The van der Waals surface area contributed by atoms with E-state index in [4.69, 9.17) is 5.11 Å². The van der Waals surface area contributed by atoms with Crippen LogP contribution < -0.4 is 10.6 Å². The number of aliphatic carboxylic acids is 1. The Balaban J connectivity index is 1.82. The van der Waals surface area contributed by atoms with E-state index in [0.717, 1.165) is 38.6 Å². The normalized spacial score (nSPS) is 35.6. The third kappa shape index (κ3) is 3.93. The van der Waals surface area contributed by atoms with Gasteiger partial charge in [-0.25, -0.2) is 0 Å². The van der Waals surface area contributed by atoms with Crippen molar-refractivity contribution >= 4 is 11.9 Å². The van der Waals surface area contributed by atoms with Gasteiger partial charge in [-0.2, -0.15) is 0 Å². The molecule has 3 N–H and O–H groups in total. The third-order valence-electron chi connectivity index (χ3n) is 4.36. The first kappa shape index (κ1) is 14.3. The van der Waals surface area contributed by atoms with Gasteiger partial charge < -0.3 is 15.7 Å². The van der Waals surface area contributed by atoms with Gasteiger partial charge in [0.05, 0.1) is 5.92 Å². The molecule has 0 radical (unpaired) electrons. The molecule has 19 heavy (non-hydrogen) atoms. The Morgan fingerprint density at radius 2 is 1.95 bits per heavy atom. The van der Waals surface area contributed by atoms with E-state index in [0.29, 0.717) is 12.5 Å². The SMILES string of the molecule is CC1CC(C(=O)NC2CCCC(C(=O)O)C2)CCN1. The van der Waals surface area contributed by atoms with Crippen molar-refractivity contribution in [2.45, 2.75) is 57.5 Å². The van der Waals surface area contributed by atoms with Crippen molar-refractivity contribution in [2.75, 3.05) is 6.54 Å². The molecule has 0 bridgehead atoms. The molecule has 4 unspecified atom stereocenters. The van der Waals surface area contributed by atoms with Crippen LogP contribution in [0.4, 0.5) is 0 Å². The zero-order valence-corrected chi connectivity index (χ0v) is 11.5. The number of carbonyl (C=O) groups excluding carboxylic acids is 1. The van der Waals surface area contributed by atoms with Crippen molar-refractivity contribution in [3.05, 3.63) is 0 Å². The molecule has 1 aliphatic heterocycles. The van der Waals surface area contributed by atoms with Crippen LogP contribution in [0.1, 0.15) is 45.4 Å². The summed E-state index contributed by atoms with van der Waals surface area (Å²) in [5.74, 6) is -0.814. The van der Waals surface area contributed by atoms with Gasteiger partial charge in [0.25, 0.3) is 0 Å². The molecule has 2 aliphatic rings. The number of carboxylic acid groups (broad SMARTS) is 1. The van der Waals surface area contributed by atoms with Crippen molar-refractivity contribution in [1.29, 1.82) is 0 Å². The van der Waals surface area contributed by atoms with Gasteiger partial charge in [-0.1, -0.05) is 6.42 Å². The van der Waals surface area contributed by atoms with Crippen LogP contribution in [0.3, 0.4) is 0 Å². The number of rotatable bonds is 3. The van der Waals surface area contributed by atoms with Crippen LogP contribution in [0.5, 0.6) is 0 Å². The number of hydrogen-bond donors (Lipinski definition) is 3. The molecule has 1 heterocycles. The predicted octanol–water partition coefficient (Wildman–Crippen LogP) is 1.13. The lowest BCUT2D eigenvalue weighted by molar-refractivity contribution is -0.143. The molecule has 5 heteroatoms. The highest BCUT2D eigenvalue weighted by Gasteiger charge is 2.30. The van der Waals surface area contributed by atoms with Crippen molar-refractivity contribution in [1.82, 2.24) is 10.6 Å². The van der Waals surface area contributed by atoms with E-state index >= 15 is 0 Å². The maximum absolute atomic E-state index is 12.2. The predicted molar refractivity (Wildman–Crippen MR) is 71.7 cm³/mol. The third-order valence-corrected chi connectivity index (χ3v) is 4.36. The summed E-state index contributed by atoms with van der Waals surface area (Å²) in [7, 11) is 0. The Labute approximate surface area is 114 Å². The monoisotopic (exact) mass is 268 g/mol. The van der Waals surface area contributed by atoms with E-state index in [1.54, 1.807) is 0 Å². The molecule has 0 aromatic rings. The highest BCUT2D eigenvalue weighted by atomic mass is 16.4. The van der Waals surface area contributed by atoms with Crippen LogP contribution in [0.2, 0.25) is 0 Å². The quantitative estimate of drug-likeness (QED) is 0.717. The highest BCUT2D eigenvalue weighted by Crippen LogP contribution is 2.25. The van der Waals surface area contributed by atoms with Gasteiger partial charge in [0, 0.05) is 18.0 Å². The van der Waals surface area contributed by atoms with Crippen LogP contribution >= 0.6 is 0 Å². The zero-order chi connectivity index (χ0) is 13.8. The van der Waals surface area contributed by atoms with Crippen LogP contribution in [0, 0.1) is 11.8 Å². The Morgan fingerprint density at radius 1 is 1.16 bits per heavy atom. The Kier molecular flexibility index (Phi) is 4.80. The Hall–Kier alpha value is -1.10. The molecule has 1 aliphatic carbocycles. The van der Waals surface area contributed by atoms with Crippen molar-refractivity contribution in [2.24, 2.45) is 11.8 Å². The van der Waals surface area contributed by atoms with Crippen LogP contribution in [0.15, 0.2) is 0 Å². The molecule has 1 amide bonds. The van der Waals surface area contributed by atoms with Crippen molar-refractivity contribution < 1.29 is 14.7 Å². The first-order chi connectivity index (χ1) is 9.06. The standard InChI is InChI=1S/C14H24N2O3/c1-9-7-10(5-6-15-9)13(17)16-12-4-2-3-11(8-12)14(18)19/h9-12,15H,2-8H2,1H3,(H,16,17)(H,18,19). The Morgan fingerprint density at radius 3 is 2.63 bits per heavy atom. The molecule has 0 spiro atoms. The second-order valence-electron chi connectivity index (χ2n) is 5.98. The molecule has 2 fully saturated rings. The van der Waals surface area contributed by atoms with Crippen LogP contribution in [0.25, 0.3) is 0 Å². The molecular formula is C14H24N2O3. The molecule has 5 nitrogen and oxygen atoms in total. The fourth-order valence-electron chi connectivity index (χ4n) is 3.23. The molecule has 2 rings (SSSR count). The first-order valence-corrected chi connectivity index (χ1v) is 7.33. The van der Waals surface area contributed by atoms with Crippen molar-refractivity contribution in [3.63, 3.8) is 0 Å². The highest BCUT2D eigenvalue weighted by molar-refractivity contribution is 5.79. The molecule has 4 atom stereocenters. The minimum atomic E-state index is -0.727. The lowest BCUT2D eigenvalue weighted by atomic mass is 9.85. The fraction of sp³-hybridized carbons (Fsp3) is 0.857. The smallest absolute Gasteiger partial charge is 0.306 e. The summed E-state index contributed by atoms with van der Waals surface area (Å²) in [5.41, 5.74) is 0. The second-order valence-corrected chi connectivity index (χ2v) is 5.98. The van der Waals surface area contributed by atoms with Crippen LogP contribution in [-0.4, -0.2) is 35.6 Å². The summed E-state index contributed by atoms with van der Waals surface area (Å²) in [5, 5.41) is 15.5. The van der Waals surface area contributed by atoms with E-state index in [1.165, 1.54) is 0 Å². The van der Waals surface area contributed by atoms with Crippen LogP contribution in [-0.2, 0) is 9.59 Å². The van der Waals surface area contributed by atoms with Crippen molar-refractivity contribution in [3.8, 4) is 0 Å². The Bertz CT molecular complexity index is 346. The summed E-state index contributed by atoms with van der Waals surface area (Å²) < 4.78 is 0.